The van der Waals surface area contributed by atoms with Crippen LogP contribution in [-0.4, -0.2) is 35.3 Å². The van der Waals surface area contributed by atoms with Gasteiger partial charge < -0.3 is 20.8 Å². The Morgan fingerprint density at radius 3 is 2.54 bits per heavy atom. The monoisotopic (exact) mass is 500 g/mol. The van der Waals surface area contributed by atoms with Gasteiger partial charge in [-0.05, 0) is 97.3 Å². The van der Waals surface area contributed by atoms with Crippen molar-refractivity contribution in [2.24, 2.45) is 16.9 Å². The molecule has 0 fully saturated rings. The fourth-order valence-corrected chi connectivity index (χ4v) is 4.80. The number of carbonyl (C=O) groups excluding carboxylic acids is 2. The summed E-state index contributed by atoms with van der Waals surface area (Å²) >= 11 is 0. The Morgan fingerprint density at radius 2 is 1.84 bits per heavy atom. The zero-order valence-electron chi connectivity index (χ0n) is 22.2. The van der Waals surface area contributed by atoms with Crippen LogP contribution in [0.15, 0.2) is 59.7 Å². The highest BCUT2D eigenvalue weighted by molar-refractivity contribution is 6.06. The van der Waals surface area contributed by atoms with Crippen LogP contribution in [0.25, 0.3) is 10.8 Å². The number of fused-ring (bicyclic) bond motifs is 2. The van der Waals surface area contributed by atoms with Gasteiger partial charge >= 0.3 is 6.09 Å². The molecule has 1 aliphatic heterocycles. The molecule has 1 heterocycles. The standard InChI is InChI=1S/C30H36N4O3/c1-19(2)14-27-26-11-10-25(17-23(26)12-13-34(27)29(36)37-30(3,4)5)33-28(35)24-9-8-21-15-20(18-32-31)6-7-22(21)16-24/h6-11,15-19,27H,12-14,31H2,1-5H3,(H,33,35). The number of ether oxygens (including phenoxy) is 1. The second-order valence-corrected chi connectivity index (χ2v) is 11.0. The van der Waals surface area contributed by atoms with Crippen LogP contribution in [0.2, 0.25) is 0 Å². The lowest BCUT2D eigenvalue weighted by atomic mass is 9.87. The SMILES string of the molecule is CC(C)CC1c2ccc(NC(=O)c3ccc4cc(C=NN)ccc4c3)cc2CCN1C(=O)OC(C)(C)C. The van der Waals surface area contributed by atoms with E-state index in [1.54, 1.807) is 6.21 Å². The second-order valence-electron chi connectivity index (χ2n) is 11.0. The van der Waals surface area contributed by atoms with E-state index in [0.717, 1.165) is 39.6 Å². The Balaban J connectivity index is 1.54. The summed E-state index contributed by atoms with van der Waals surface area (Å²) in [5, 5.41) is 8.58. The minimum atomic E-state index is -0.544. The van der Waals surface area contributed by atoms with Crippen molar-refractivity contribution in [2.75, 3.05) is 11.9 Å². The first kappa shape index (κ1) is 26.2. The second kappa shape index (κ2) is 10.6. The summed E-state index contributed by atoms with van der Waals surface area (Å²) in [4.78, 5) is 27.9. The van der Waals surface area contributed by atoms with Gasteiger partial charge in [-0.15, -0.1) is 0 Å². The van der Waals surface area contributed by atoms with Crippen molar-refractivity contribution >= 4 is 34.7 Å². The molecule has 3 N–H and O–H groups in total. The maximum absolute atomic E-state index is 13.1. The third-order valence-electron chi connectivity index (χ3n) is 6.43. The number of anilines is 1. The number of amides is 2. The van der Waals surface area contributed by atoms with Gasteiger partial charge in [0.05, 0.1) is 12.3 Å². The van der Waals surface area contributed by atoms with Crippen LogP contribution in [0.3, 0.4) is 0 Å². The summed E-state index contributed by atoms with van der Waals surface area (Å²) in [5.74, 6) is 5.49. The van der Waals surface area contributed by atoms with Crippen LogP contribution >= 0.6 is 0 Å². The molecule has 1 unspecified atom stereocenters. The van der Waals surface area contributed by atoms with Gasteiger partial charge in [0.15, 0.2) is 0 Å². The third-order valence-corrected chi connectivity index (χ3v) is 6.43. The lowest BCUT2D eigenvalue weighted by Crippen LogP contribution is -2.43. The Bertz CT molecular complexity index is 1340. The van der Waals surface area contributed by atoms with Crippen LogP contribution in [-0.2, 0) is 11.2 Å². The van der Waals surface area contributed by atoms with Gasteiger partial charge in [-0.25, -0.2) is 4.79 Å². The van der Waals surface area contributed by atoms with Crippen molar-refractivity contribution in [2.45, 2.75) is 59.1 Å². The van der Waals surface area contributed by atoms with Gasteiger partial charge in [0.2, 0.25) is 0 Å². The average Bonchev–Trinajstić information content (AvgIpc) is 2.82. The molecule has 0 spiro atoms. The molecule has 37 heavy (non-hydrogen) atoms. The predicted molar refractivity (Wildman–Crippen MR) is 149 cm³/mol. The van der Waals surface area contributed by atoms with E-state index < -0.39 is 5.60 Å². The number of rotatable bonds is 5. The lowest BCUT2D eigenvalue weighted by Gasteiger charge is -2.39. The highest BCUT2D eigenvalue weighted by Crippen LogP contribution is 2.36. The molecule has 0 bridgehead atoms. The third kappa shape index (κ3) is 6.28. The van der Waals surface area contributed by atoms with Gasteiger partial charge in [-0.2, -0.15) is 5.10 Å². The van der Waals surface area contributed by atoms with E-state index in [1.807, 2.05) is 80.3 Å². The van der Waals surface area contributed by atoms with Gasteiger partial charge in [-0.1, -0.05) is 38.1 Å². The molecule has 3 aromatic carbocycles. The van der Waals surface area contributed by atoms with E-state index in [9.17, 15) is 9.59 Å². The molecule has 194 valence electrons. The number of nitrogens with one attached hydrogen (secondary N) is 1. The molecule has 7 heteroatoms. The van der Waals surface area contributed by atoms with Crippen LogP contribution in [0.1, 0.15) is 74.1 Å². The number of nitrogens with two attached hydrogens (primary N) is 1. The zero-order chi connectivity index (χ0) is 26.7. The maximum Gasteiger partial charge on any atom is 0.410 e. The molecule has 0 saturated heterocycles. The van der Waals surface area contributed by atoms with Crippen molar-refractivity contribution in [3.05, 3.63) is 76.9 Å². The highest BCUT2D eigenvalue weighted by atomic mass is 16.6. The number of hydrazone groups is 1. The smallest absolute Gasteiger partial charge is 0.410 e. The number of nitrogens with zero attached hydrogens (tertiary/aromatic N) is 2. The maximum atomic E-state index is 13.1. The van der Waals surface area contributed by atoms with Gasteiger partial charge in [0.1, 0.15) is 5.60 Å². The first-order chi connectivity index (χ1) is 17.5. The summed E-state index contributed by atoms with van der Waals surface area (Å²) < 4.78 is 5.70. The number of benzene rings is 3. The largest absolute Gasteiger partial charge is 0.444 e. The Labute approximate surface area is 218 Å². The van der Waals surface area contributed by atoms with Crippen molar-refractivity contribution in [1.82, 2.24) is 4.90 Å². The minimum Gasteiger partial charge on any atom is -0.444 e. The first-order valence-electron chi connectivity index (χ1n) is 12.7. The molecular weight excluding hydrogens is 464 g/mol. The molecular formula is C30H36N4O3. The van der Waals surface area contributed by atoms with Crippen molar-refractivity contribution in [3.63, 3.8) is 0 Å². The Kier molecular flexibility index (Phi) is 7.52. The number of carbonyl (C=O) groups is 2. The van der Waals surface area contributed by atoms with E-state index in [-0.39, 0.29) is 18.0 Å². The van der Waals surface area contributed by atoms with E-state index in [1.165, 1.54) is 0 Å². The molecule has 7 nitrogen and oxygen atoms in total. The summed E-state index contributed by atoms with van der Waals surface area (Å²) in [5.41, 5.74) is 3.95. The fourth-order valence-electron chi connectivity index (χ4n) is 4.80. The van der Waals surface area contributed by atoms with Crippen molar-refractivity contribution in [1.29, 1.82) is 0 Å². The molecule has 2 amide bonds. The minimum absolute atomic E-state index is 0.0574. The van der Waals surface area contributed by atoms with Crippen LogP contribution in [0.4, 0.5) is 10.5 Å². The summed E-state index contributed by atoms with van der Waals surface area (Å²) in [6.07, 6.45) is 2.86. The topological polar surface area (TPSA) is 97.0 Å². The van der Waals surface area contributed by atoms with Gasteiger partial charge in [0.25, 0.3) is 5.91 Å². The van der Waals surface area contributed by atoms with Gasteiger partial charge in [0, 0.05) is 17.8 Å². The first-order valence-corrected chi connectivity index (χ1v) is 12.7. The summed E-state index contributed by atoms with van der Waals surface area (Å²) in [7, 11) is 0. The summed E-state index contributed by atoms with van der Waals surface area (Å²) in [6, 6.07) is 17.4. The number of hydrogen-bond acceptors (Lipinski definition) is 5. The van der Waals surface area contributed by atoms with E-state index in [2.05, 4.69) is 24.3 Å². The molecule has 0 aromatic heterocycles. The molecule has 4 rings (SSSR count). The molecule has 3 aromatic rings. The average molecular weight is 501 g/mol. The Hall–Kier alpha value is -3.87. The zero-order valence-corrected chi connectivity index (χ0v) is 22.2. The quantitative estimate of drug-likeness (QED) is 0.245. The lowest BCUT2D eigenvalue weighted by molar-refractivity contribution is 0.0120. The van der Waals surface area contributed by atoms with E-state index in [0.29, 0.717) is 24.4 Å². The van der Waals surface area contributed by atoms with E-state index >= 15 is 0 Å². The molecule has 1 aliphatic rings. The van der Waals surface area contributed by atoms with Crippen LogP contribution < -0.4 is 11.2 Å². The fraction of sp³-hybridized carbons (Fsp3) is 0.367. The van der Waals surface area contributed by atoms with Crippen LogP contribution in [0, 0.1) is 5.92 Å². The normalized spacial score (nSPS) is 15.7. The van der Waals surface area contributed by atoms with Crippen LogP contribution in [0.5, 0.6) is 0 Å². The predicted octanol–water partition coefficient (Wildman–Crippen LogP) is 6.27. The van der Waals surface area contributed by atoms with Gasteiger partial charge in [-0.3, -0.25) is 4.79 Å². The van der Waals surface area contributed by atoms with E-state index in [4.69, 9.17) is 10.6 Å². The highest BCUT2D eigenvalue weighted by Gasteiger charge is 2.34. The van der Waals surface area contributed by atoms with Crippen molar-refractivity contribution in [3.8, 4) is 0 Å². The number of hydrogen-bond donors (Lipinski definition) is 2. The molecule has 0 radical (unpaired) electrons. The summed E-state index contributed by atoms with van der Waals surface area (Å²) in [6.45, 7) is 10.6. The molecule has 0 saturated carbocycles. The molecule has 0 aliphatic carbocycles. The molecule has 1 atom stereocenters. The Morgan fingerprint density at radius 1 is 1.11 bits per heavy atom. The van der Waals surface area contributed by atoms with Crippen molar-refractivity contribution < 1.29 is 14.3 Å².